The smallest absolute Gasteiger partial charge is 0.338 e. The van der Waals surface area contributed by atoms with Crippen molar-refractivity contribution in [2.24, 2.45) is 5.92 Å². The van der Waals surface area contributed by atoms with Crippen molar-refractivity contribution in [3.05, 3.63) is 39.9 Å². The molecule has 1 saturated carbocycles. The van der Waals surface area contributed by atoms with Gasteiger partial charge in [-0.15, -0.1) is 0 Å². The van der Waals surface area contributed by atoms with Crippen LogP contribution in [0.15, 0.2) is 24.3 Å². The number of amides is 3. The number of carbonyl (C=O) groups is 3. The first-order valence-electron chi connectivity index (χ1n) is 8.38. The molecule has 0 radical (unpaired) electrons. The number of ether oxygens (including phenoxy) is 1. The zero-order chi connectivity index (χ0) is 19.1. The quantitative estimate of drug-likeness (QED) is 0.469. The van der Waals surface area contributed by atoms with Crippen molar-refractivity contribution >= 4 is 23.6 Å². The summed E-state index contributed by atoms with van der Waals surface area (Å²) in [5, 5.41) is 15.6. The van der Waals surface area contributed by atoms with Gasteiger partial charge in [0.1, 0.15) is 0 Å². The van der Waals surface area contributed by atoms with Gasteiger partial charge in [-0.25, -0.2) is 9.59 Å². The Hall–Kier alpha value is -2.97. The summed E-state index contributed by atoms with van der Waals surface area (Å²) in [6, 6.07) is 4.36. The molecular formula is C17H21N3O6. The molecule has 3 amide bonds. The van der Waals surface area contributed by atoms with Crippen LogP contribution in [0.1, 0.15) is 43.0 Å². The van der Waals surface area contributed by atoms with Gasteiger partial charge in [0.15, 0.2) is 6.61 Å². The van der Waals surface area contributed by atoms with Crippen LogP contribution in [-0.4, -0.2) is 35.5 Å². The van der Waals surface area contributed by atoms with Crippen LogP contribution < -0.4 is 10.6 Å². The number of nitro groups is 1. The molecule has 0 bridgehead atoms. The molecule has 1 aromatic carbocycles. The number of urea groups is 1. The van der Waals surface area contributed by atoms with Crippen molar-refractivity contribution in [3.8, 4) is 0 Å². The molecule has 1 aliphatic rings. The second-order valence-electron chi connectivity index (χ2n) is 6.27. The van der Waals surface area contributed by atoms with Gasteiger partial charge < -0.3 is 10.1 Å². The molecule has 0 saturated heterocycles. The van der Waals surface area contributed by atoms with Gasteiger partial charge in [-0.3, -0.25) is 20.2 Å². The van der Waals surface area contributed by atoms with Crippen LogP contribution in [0.3, 0.4) is 0 Å². The van der Waals surface area contributed by atoms with Crippen LogP contribution in [-0.2, 0) is 9.53 Å². The predicted molar refractivity (Wildman–Crippen MR) is 91.5 cm³/mol. The number of nitrogens with one attached hydrogen (secondary N) is 2. The number of hydrogen-bond acceptors (Lipinski definition) is 6. The van der Waals surface area contributed by atoms with Crippen LogP contribution >= 0.6 is 0 Å². The first kappa shape index (κ1) is 19.4. The molecule has 9 nitrogen and oxygen atoms in total. The van der Waals surface area contributed by atoms with Crippen molar-refractivity contribution in [1.29, 1.82) is 0 Å². The summed E-state index contributed by atoms with van der Waals surface area (Å²) in [6.07, 6.45) is 4.06. The summed E-state index contributed by atoms with van der Waals surface area (Å²) < 4.78 is 4.78. The van der Waals surface area contributed by atoms with Crippen molar-refractivity contribution in [2.45, 2.75) is 38.6 Å². The molecule has 140 valence electrons. The molecule has 1 aliphatic carbocycles. The van der Waals surface area contributed by atoms with E-state index in [-0.39, 0.29) is 17.3 Å². The van der Waals surface area contributed by atoms with E-state index in [0.717, 1.165) is 31.7 Å². The zero-order valence-electron chi connectivity index (χ0n) is 14.4. The van der Waals surface area contributed by atoms with Gasteiger partial charge in [0.2, 0.25) is 0 Å². The zero-order valence-corrected chi connectivity index (χ0v) is 14.4. The molecule has 2 N–H and O–H groups in total. The van der Waals surface area contributed by atoms with Crippen LogP contribution in [0.25, 0.3) is 0 Å². The molecule has 2 atom stereocenters. The lowest BCUT2D eigenvalue weighted by atomic mass is 9.86. The Morgan fingerprint density at radius 1 is 1.27 bits per heavy atom. The molecule has 26 heavy (non-hydrogen) atoms. The maximum absolute atomic E-state index is 11.8. The Balaban J connectivity index is 1.79. The number of non-ortho nitro benzene ring substituents is 1. The topological polar surface area (TPSA) is 128 Å². The third-order valence-corrected chi connectivity index (χ3v) is 4.31. The minimum absolute atomic E-state index is 0.0176. The van der Waals surface area contributed by atoms with E-state index in [1.807, 2.05) is 6.92 Å². The lowest BCUT2D eigenvalue weighted by Gasteiger charge is -2.29. The molecule has 1 aromatic rings. The molecule has 0 heterocycles. The summed E-state index contributed by atoms with van der Waals surface area (Å²) in [5.41, 5.74) is -0.308. The molecule has 2 rings (SSSR count). The van der Waals surface area contributed by atoms with Gasteiger partial charge in [-0.2, -0.15) is 0 Å². The van der Waals surface area contributed by atoms with Gasteiger partial charge >= 0.3 is 12.0 Å². The van der Waals surface area contributed by atoms with Gasteiger partial charge in [0, 0.05) is 18.2 Å². The van der Waals surface area contributed by atoms with Crippen LogP contribution in [0, 0.1) is 16.0 Å². The molecule has 1 fully saturated rings. The fraction of sp³-hybridized carbons (Fsp3) is 0.471. The van der Waals surface area contributed by atoms with E-state index in [0.29, 0.717) is 5.92 Å². The van der Waals surface area contributed by atoms with E-state index in [2.05, 4.69) is 10.6 Å². The summed E-state index contributed by atoms with van der Waals surface area (Å²) in [7, 11) is 0. The monoisotopic (exact) mass is 363 g/mol. The van der Waals surface area contributed by atoms with Gasteiger partial charge in [-0.05, 0) is 24.8 Å². The maximum atomic E-state index is 11.8. The highest BCUT2D eigenvalue weighted by atomic mass is 16.6. The Morgan fingerprint density at radius 2 is 2.00 bits per heavy atom. The van der Waals surface area contributed by atoms with E-state index >= 15 is 0 Å². The second-order valence-corrected chi connectivity index (χ2v) is 6.27. The number of rotatable bonds is 5. The number of carbonyl (C=O) groups excluding carboxylic acids is 3. The first-order valence-corrected chi connectivity index (χ1v) is 8.38. The van der Waals surface area contributed by atoms with E-state index < -0.39 is 29.4 Å². The van der Waals surface area contributed by atoms with Gasteiger partial charge in [0.25, 0.3) is 11.6 Å². The standard InChI is InChI=1S/C17H21N3O6/c1-11-5-2-3-8-14(11)18-17(23)19-15(21)10-26-16(22)12-6-4-7-13(9-12)20(24)25/h4,6-7,9,11,14H,2-3,5,8,10H2,1H3,(H2,18,19,21,23)/t11-,14-/m1/s1. The van der Waals surface area contributed by atoms with Crippen molar-refractivity contribution in [1.82, 2.24) is 10.6 Å². The molecular weight excluding hydrogens is 342 g/mol. The largest absolute Gasteiger partial charge is 0.452 e. The van der Waals surface area contributed by atoms with Gasteiger partial charge in [0.05, 0.1) is 10.5 Å². The maximum Gasteiger partial charge on any atom is 0.338 e. The lowest BCUT2D eigenvalue weighted by Crippen LogP contribution is -2.48. The molecule has 9 heteroatoms. The normalized spacial score (nSPS) is 19.3. The van der Waals surface area contributed by atoms with Crippen molar-refractivity contribution in [3.63, 3.8) is 0 Å². The third kappa shape index (κ3) is 5.54. The summed E-state index contributed by atoms with van der Waals surface area (Å²) >= 11 is 0. The minimum Gasteiger partial charge on any atom is -0.452 e. The van der Waals surface area contributed by atoms with Crippen LogP contribution in [0.4, 0.5) is 10.5 Å². The Bertz CT molecular complexity index is 705. The fourth-order valence-corrected chi connectivity index (χ4v) is 2.86. The summed E-state index contributed by atoms with van der Waals surface area (Å²) in [5.74, 6) is -1.31. The summed E-state index contributed by atoms with van der Waals surface area (Å²) in [6.45, 7) is 1.39. The van der Waals surface area contributed by atoms with E-state index in [1.165, 1.54) is 18.2 Å². The highest BCUT2D eigenvalue weighted by molar-refractivity contribution is 5.97. The van der Waals surface area contributed by atoms with E-state index in [4.69, 9.17) is 4.74 Å². The van der Waals surface area contributed by atoms with Crippen LogP contribution in [0.2, 0.25) is 0 Å². The van der Waals surface area contributed by atoms with E-state index in [1.54, 1.807) is 0 Å². The average Bonchev–Trinajstić information content (AvgIpc) is 2.61. The number of hydrogen-bond donors (Lipinski definition) is 2. The number of benzene rings is 1. The third-order valence-electron chi connectivity index (χ3n) is 4.31. The number of nitrogens with zero attached hydrogens (tertiary/aromatic N) is 1. The molecule has 0 aromatic heterocycles. The predicted octanol–water partition coefficient (Wildman–Crippen LogP) is 2.16. The summed E-state index contributed by atoms with van der Waals surface area (Å²) in [4.78, 5) is 45.5. The molecule has 0 unspecified atom stereocenters. The minimum atomic E-state index is -0.884. The highest BCUT2D eigenvalue weighted by Gasteiger charge is 2.23. The van der Waals surface area contributed by atoms with Crippen LogP contribution in [0.5, 0.6) is 0 Å². The van der Waals surface area contributed by atoms with E-state index in [9.17, 15) is 24.5 Å². The number of esters is 1. The van der Waals surface area contributed by atoms with Gasteiger partial charge in [-0.1, -0.05) is 25.8 Å². The Morgan fingerprint density at radius 3 is 2.69 bits per heavy atom. The fourth-order valence-electron chi connectivity index (χ4n) is 2.86. The first-order chi connectivity index (χ1) is 12.4. The lowest BCUT2D eigenvalue weighted by molar-refractivity contribution is -0.384. The number of nitro benzene ring substituents is 1. The Labute approximate surface area is 150 Å². The number of imide groups is 1. The second kappa shape index (κ2) is 8.93. The molecule has 0 spiro atoms. The molecule has 0 aliphatic heterocycles. The van der Waals surface area contributed by atoms with Crippen molar-refractivity contribution < 1.29 is 24.0 Å². The SMILES string of the molecule is C[C@@H]1CCCC[C@H]1NC(=O)NC(=O)COC(=O)c1cccc([N+](=O)[O-])c1. The highest BCUT2D eigenvalue weighted by Crippen LogP contribution is 2.23. The Kier molecular flexibility index (Phi) is 6.65. The average molecular weight is 363 g/mol. The van der Waals surface area contributed by atoms with Crippen molar-refractivity contribution in [2.75, 3.05) is 6.61 Å².